The van der Waals surface area contributed by atoms with Gasteiger partial charge in [-0.3, -0.25) is 13.9 Å². The number of carbonyl (C=O) groups excluding carboxylic acids is 2. The topological polar surface area (TPSA) is 105 Å². The van der Waals surface area contributed by atoms with Crippen molar-refractivity contribution in [2.75, 3.05) is 31.6 Å². The third-order valence-electron chi connectivity index (χ3n) is 7.76. The van der Waals surface area contributed by atoms with E-state index in [0.717, 1.165) is 15.4 Å². The van der Waals surface area contributed by atoms with E-state index in [2.05, 4.69) is 5.32 Å². The Balaban J connectivity index is 1.83. The number of hydrogen-bond donors (Lipinski definition) is 1. The molecule has 0 aliphatic rings. The van der Waals surface area contributed by atoms with E-state index in [1.165, 1.54) is 67.7 Å². The highest BCUT2D eigenvalue weighted by molar-refractivity contribution is 7.92. The number of halogens is 1. The summed E-state index contributed by atoms with van der Waals surface area (Å²) in [5.41, 5.74) is 2.40. The van der Waals surface area contributed by atoms with E-state index in [0.29, 0.717) is 17.9 Å². The minimum absolute atomic E-state index is 0.0173. The van der Waals surface area contributed by atoms with Crippen LogP contribution in [0.1, 0.15) is 30.5 Å². The van der Waals surface area contributed by atoms with Gasteiger partial charge in [-0.25, -0.2) is 12.8 Å². The summed E-state index contributed by atoms with van der Waals surface area (Å²) in [5, 5.41) is 2.95. The Kier molecular flexibility index (Phi) is 12.2. The Bertz CT molecular complexity index is 1780. The van der Waals surface area contributed by atoms with Crippen molar-refractivity contribution in [3.05, 3.63) is 120 Å². The Morgan fingerprint density at radius 3 is 2.08 bits per heavy atom. The van der Waals surface area contributed by atoms with Gasteiger partial charge in [0, 0.05) is 25.6 Å². The van der Waals surface area contributed by atoms with Crippen LogP contribution in [-0.4, -0.2) is 58.5 Å². The summed E-state index contributed by atoms with van der Waals surface area (Å²) in [5.74, 6) is -0.677. The fourth-order valence-electron chi connectivity index (χ4n) is 5.11. The second kappa shape index (κ2) is 16.3. The molecule has 4 rings (SSSR count). The highest BCUT2D eigenvalue weighted by atomic mass is 32.2. The SMILES string of the molecule is COc1ccc(N(CC(=O)N(Cc2ccc(F)cc2)[C@@H](Cc2ccccc2)C(=O)NCC(C)C)S(=O)(=O)c2ccc(C)cc2)cc1OC. The molecule has 0 unspecified atom stereocenters. The van der Waals surface area contributed by atoms with Crippen molar-refractivity contribution in [2.45, 2.75) is 44.7 Å². The molecule has 0 aliphatic carbocycles. The van der Waals surface area contributed by atoms with Crippen molar-refractivity contribution in [2.24, 2.45) is 5.92 Å². The molecule has 4 aromatic carbocycles. The van der Waals surface area contributed by atoms with E-state index in [4.69, 9.17) is 9.47 Å². The molecule has 0 bridgehead atoms. The van der Waals surface area contributed by atoms with Gasteiger partial charge in [-0.1, -0.05) is 74.0 Å². The van der Waals surface area contributed by atoms with E-state index in [1.807, 2.05) is 51.1 Å². The number of hydrogen-bond acceptors (Lipinski definition) is 6. The first-order valence-corrected chi connectivity index (χ1v) is 17.0. The molecule has 0 saturated heterocycles. The maximum atomic E-state index is 14.6. The number of amides is 2. The molecular formula is C37H42FN3O6S. The van der Waals surface area contributed by atoms with Crippen LogP contribution in [0, 0.1) is 18.7 Å². The molecule has 0 radical (unpaired) electrons. The number of sulfonamides is 1. The van der Waals surface area contributed by atoms with Crippen LogP contribution in [0.4, 0.5) is 10.1 Å². The lowest BCUT2D eigenvalue weighted by Gasteiger charge is -2.34. The number of anilines is 1. The van der Waals surface area contributed by atoms with E-state index >= 15 is 0 Å². The fraction of sp³-hybridized carbons (Fsp3) is 0.297. The largest absolute Gasteiger partial charge is 0.493 e. The van der Waals surface area contributed by atoms with Gasteiger partial charge in [0.05, 0.1) is 24.8 Å². The number of nitrogens with one attached hydrogen (secondary N) is 1. The molecule has 1 atom stereocenters. The van der Waals surface area contributed by atoms with Gasteiger partial charge in [0.1, 0.15) is 18.4 Å². The monoisotopic (exact) mass is 675 g/mol. The number of rotatable bonds is 15. The average Bonchev–Trinajstić information content (AvgIpc) is 3.08. The van der Waals surface area contributed by atoms with Crippen molar-refractivity contribution in [1.29, 1.82) is 0 Å². The van der Waals surface area contributed by atoms with E-state index in [9.17, 15) is 22.4 Å². The van der Waals surface area contributed by atoms with E-state index in [1.54, 1.807) is 18.2 Å². The zero-order valence-corrected chi connectivity index (χ0v) is 28.7. The van der Waals surface area contributed by atoms with Gasteiger partial charge in [-0.05, 0) is 60.4 Å². The first kappa shape index (κ1) is 35.9. The molecule has 9 nitrogen and oxygen atoms in total. The summed E-state index contributed by atoms with van der Waals surface area (Å²) >= 11 is 0. The quantitative estimate of drug-likeness (QED) is 0.172. The number of methoxy groups -OCH3 is 2. The summed E-state index contributed by atoms with van der Waals surface area (Å²) in [7, 11) is -1.41. The Morgan fingerprint density at radius 2 is 1.48 bits per heavy atom. The number of nitrogens with zero attached hydrogens (tertiary/aromatic N) is 2. The minimum atomic E-state index is -4.31. The number of ether oxygens (including phenoxy) is 2. The van der Waals surface area contributed by atoms with Crippen molar-refractivity contribution < 1.29 is 31.9 Å². The molecule has 254 valence electrons. The highest BCUT2D eigenvalue weighted by Crippen LogP contribution is 2.34. The number of carbonyl (C=O) groups is 2. The maximum absolute atomic E-state index is 14.6. The Hall–Kier alpha value is -4.90. The normalized spacial score (nSPS) is 11.9. The van der Waals surface area contributed by atoms with Crippen molar-refractivity contribution in [3.63, 3.8) is 0 Å². The number of benzene rings is 4. The van der Waals surface area contributed by atoms with Crippen molar-refractivity contribution in [3.8, 4) is 11.5 Å². The van der Waals surface area contributed by atoms with Crippen molar-refractivity contribution >= 4 is 27.5 Å². The first-order chi connectivity index (χ1) is 22.9. The van der Waals surface area contributed by atoms with Crippen LogP contribution < -0.4 is 19.1 Å². The van der Waals surface area contributed by atoms with Gasteiger partial charge in [0.2, 0.25) is 11.8 Å². The van der Waals surface area contributed by atoms with Gasteiger partial charge in [0.25, 0.3) is 10.0 Å². The predicted octanol–water partition coefficient (Wildman–Crippen LogP) is 5.76. The number of aryl methyl sites for hydroxylation is 1. The summed E-state index contributed by atoms with van der Waals surface area (Å²) in [6.07, 6.45) is 0.165. The Labute approximate surface area is 282 Å². The lowest BCUT2D eigenvalue weighted by molar-refractivity contribution is -0.140. The maximum Gasteiger partial charge on any atom is 0.264 e. The lowest BCUT2D eigenvalue weighted by atomic mass is 10.0. The zero-order chi connectivity index (χ0) is 34.8. The molecule has 0 heterocycles. The first-order valence-electron chi connectivity index (χ1n) is 15.6. The predicted molar refractivity (Wildman–Crippen MR) is 184 cm³/mol. The fourth-order valence-corrected chi connectivity index (χ4v) is 6.52. The van der Waals surface area contributed by atoms with Gasteiger partial charge >= 0.3 is 0 Å². The van der Waals surface area contributed by atoms with Crippen LogP contribution in [-0.2, 0) is 32.6 Å². The summed E-state index contributed by atoms with van der Waals surface area (Å²) in [6, 6.07) is 24.8. The standard InChI is InChI=1S/C37H42FN3O6S/c1-26(2)23-39-37(43)33(21-28-9-7-6-8-10-28)40(24-29-13-15-30(38)16-14-29)36(42)25-41(31-17-20-34(46-4)35(22-31)47-5)48(44,45)32-18-11-27(3)12-19-32/h6-20,22,26,33H,21,23-25H2,1-5H3,(H,39,43)/t33-/m0/s1. The molecule has 2 amide bonds. The van der Waals surface area contributed by atoms with Gasteiger partial charge in [-0.15, -0.1) is 0 Å². The molecule has 0 spiro atoms. The smallest absolute Gasteiger partial charge is 0.264 e. The molecule has 4 aromatic rings. The van der Waals surface area contributed by atoms with E-state index < -0.39 is 34.3 Å². The van der Waals surface area contributed by atoms with Crippen LogP contribution in [0.5, 0.6) is 11.5 Å². The molecule has 11 heteroatoms. The summed E-state index contributed by atoms with van der Waals surface area (Å²) < 4.78 is 54.3. The Morgan fingerprint density at radius 1 is 0.833 bits per heavy atom. The van der Waals surface area contributed by atoms with Crippen LogP contribution in [0.2, 0.25) is 0 Å². The second-order valence-corrected chi connectivity index (χ2v) is 13.7. The van der Waals surface area contributed by atoms with E-state index in [-0.39, 0.29) is 41.1 Å². The molecule has 48 heavy (non-hydrogen) atoms. The third-order valence-corrected chi connectivity index (χ3v) is 9.55. The van der Waals surface area contributed by atoms with Crippen LogP contribution >= 0.6 is 0 Å². The molecule has 0 fully saturated rings. The van der Waals surface area contributed by atoms with Gasteiger partial charge in [-0.2, -0.15) is 0 Å². The second-order valence-electron chi connectivity index (χ2n) is 11.9. The lowest BCUT2D eigenvalue weighted by Crippen LogP contribution is -2.53. The zero-order valence-electron chi connectivity index (χ0n) is 27.9. The van der Waals surface area contributed by atoms with Crippen LogP contribution in [0.25, 0.3) is 0 Å². The molecular weight excluding hydrogens is 633 g/mol. The summed E-state index contributed by atoms with van der Waals surface area (Å²) in [6.45, 7) is 5.43. The van der Waals surface area contributed by atoms with Crippen molar-refractivity contribution in [1.82, 2.24) is 10.2 Å². The molecule has 0 aromatic heterocycles. The minimum Gasteiger partial charge on any atom is -0.493 e. The molecule has 1 N–H and O–H groups in total. The van der Waals surface area contributed by atoms with Crippen LogP contribution in [0.3, 0.4) is 0 Å². The van der Waals surface area contributed by atoms with Crippen LogP contribution in [0.15, 0.2) is 102 Å². The molecule has 0 aliphatic heterocycles. The third kappa shape index (κ3) is 9.13. The van der Waals surface area contributed by atoms with Gasteiger partial charge < -0.3 is 19.7 Å². The van der Waals surface area contributed by atoms with Gasteiger partial charge in [0.15, 0.2) is 11.5 Å². The average molecular weight is 676 g/mol. The summed E-state index contributed by atoms with van der Waals surface area (Å²) in [4.78, 5) is 29.8. The molecule has 0 saturated carbocycles. The highest BCUT2D eigenvalue weighted by Gasteiger charge is 2.35.